The van der Waals surface area contributed by atoms with Crippen LogP contribution in [0.15, 0.2) is 0 Å². The van der Waals surface area contributed by atoms with Crippen LogP contribution in [0.25, 0.3) is 0 Å². The van der Waals surface area contributed by atoms with Crippen LogP contribution in [-0.2, 0) is 4.74 Å². The molecule has 2 saturated heterocycles. The normalized spacial score (nSPS) is 29.3. The van der Waals surface area contributed by atoms with Gasteiger partial charge in [-0.15, -0.1) is 0 Å². The van der Waals surface area contributed by atoms with Gasteiger partial charge in [-0.05, 0) is 64.2 Å². The van der Waals surface area contributed by atoms with E-state index in [0.717, 1.165) is 19.1 Å². The number of likely N-dealkylation sites (N-methyl/N-ethyl adjacent to an activating group) is 1. The fraction of sp³-hybridized carbons (Fsp3) is 1.00. The third-order valence-electron chi connectivity index (χ3n) is 4.18. The molecule has 0 aromatic rings. The van der Waals surface area contributed by atoms with Gasteiger partial charge in [0.25, 0.3) is 0 Å². The summed E-state index contributed by atoms with van der Waals surface area (Å²) in [6, 6.07) is 0. The molecule has 2 atom stereocenters. The molecule has 3 heteroatoms. The van der Waals surface area contributed by atoms with Crippen molar-refractivity contribution in [1.29, 1.82) is 0 Å². The maximum atomic E-state index is 5.71. The maximum absolute atomic E-state index is 5.71. The molecule has 2 rings (SSSR count). The average molecular weight is 240 g/mol. The minimum absolute atomic E-state index is 0.517. The highest BCUT2D eigenvalue weighted by Gasteiger charge is 2.19. The fourth-order valence-electron chi connectivity index (χ4n) is 3.02. The van der Waals surface area contributed by atoms with Crippen LogP contribution in [0.2, 0.25) is 0 Å². The summed E-state index contributed by atoms with van der Waals surface area (Å²) in [4.78, 5) is 2.57. The van der Waals surface area contributed by atoms with Crippen molar-refractivity contribution < 1.29 is 4.74 Å². The largest absolute Gasteiger partial charge is 0.377 e. The van der Waals surface area contributed by atoms with Gasteiger partial charge in [0.1, 0.15) is 0 Å². The molecule has 2 heterocycles. The van der Waals surface area contributed by atoms with E-state index < -0.39 is 0 Å². The molecular weight excluding hydrogens is 212 g/mol. The molecule has 17 heavy (non-hydrogen) atoms. The van der Waals surface area contributed by atoms with Gasteiger partial charge in [-0.25, -0.2) is 0 Å². The van der Waals surface area contributed by atoms with Gasteiger partial charge in [-0.1, -0.05) is 6.92 Å². The molecule has 0 spiro atoms. The minimum Gasteiger partial charge on any atom is -0.377 e. The van der Waals surface area contributed by atoms with Crippen LogP contribution in [0, 0.1) is 5.92 Å². The Balaban J connectivity index is 1.57. The summed E-state index contributed by atoms with van der Waals surface area (Å²) in [5.41, 5.74) is 0. The first-order chi connectivity index (χ1) is 8.38. The quantitative estimate of drug-likeness (QED) is 0.735. The Morgan fingerprint density at radius 1 is 1.35 bits per heavy atom. The van der Waals surface area contributed by atoms with Gasteiger partial charge >= 0.3 is 0 Å². The van der Waals surface area contributed by atoms with Crippen LogP contribution in [0.3, 0.4) is 0 Å². The van der Waals surface area contributed by atoms with Gasteiger partial charge in [0.2, 0.25) is 0 Å². The highest BCUT2D eigenvalue weighted by atomic mass is 16.5. The van der Waals surface area contributed by atoms with Crippen LogP contribution in [-0.4, -0.2) is 50.3 Å². The molecule has 2 unspecified atom stereocenters. The summed E-state index contributed by atoms with van der Waals surface area (Å²) in [6.07, 6.45) is 7.18. The highest BCUT2D eigenvalue weighted by Crippen LogP contribution is 2.16. The molecule has 0 aliphatic carbocycles. The van der Waals surface area contributed by atoms with Crippen molar-refractivity contribution >= 4 is 0 Å². The zero-order valence-corrected chi connectivity index (χ0v) is 11.3. The van der Waals surface area contributed by atoms with E-state index in [1.54, 1.807) is 0 Å². The second-order valence-corrected chi connectivity index (χ2v) is 5.53. The van der Waals surface area contributed by atoms with Crippen LogP contribution in [0.4, 0.5) is 0 Å². The number of rotatable bonds is 7. The number of nitrogens with one attached hydrogen (secondary N) is 1. The molecule has 1 N–H and O–H groups in total. The molecule has 0 radical (unpaired) electrons. The summed E-state index contributed by atoms with van der Waals surface area (Å²) in [5, 5.41) is 3.45. The van der Waals surface area contributed by atoms with Crippen LogP contribution in [0.1, 0.15) is 39.0 Å². The Morgan fingerprint density at radius 3 is 2.94 bits per heavy atom. The monoisotopic (exact) mass is 240 g/mol. The first-order valence-corrected chi connectivity index (χ1v) is 7.43. The lowest BCUT2D eigenvalue weighted by molar-refractivity contribution is 0.0739. The van der Waals surface area contributed by atoms with Crippen molar-refractivity contribution in [3.8, 4) is 0 Å². The molecule has 3 nitrogen and oxygen atoms in total. The van der Waals surface area contributed by atoms with Gasteiger partial charge in [0, 0.05) is 13.2 Å². The van der Waals surface area contributed by atoms with E-state index in [9.17, 15) is 0 Å². The molecule has 0 amide bonds. The van der Waals surface area contributed by atoms with E-state index in [1.165, 1.54) is 58.3 Å². The van der Waals surface area contributed by atoms with Crippen LogP contribution in [0.5, 0.6) is 0 Å². The number of ether oxygens (including phenoxy) is 1. The number of nitrogens with zero attached hydrogens (tertiary/aromatic N) is 1. The topological polar surface area (TPSA) is 24.5 Å². The van der Waals surface area contributed by atoms with E-state index >= 15 is 0 Å². The van der Waals surface area contributed by atoms with Crippen molar-refractivity contribution in [2.45, 2.75) is 45.1 Å². The van der Waals surface area contributed by atoms with Crippen LogP contribution < -0.4 is 5.32 Å². The second-order valence-electron chi connectivity index (χ2n) is 5.53. The lowest BCUT2D eigenvalue weighted by Gasteiger charge is -2.24. The third kappa shape index (κ3) is 4.57. The zero-order chi connectivity index (χ0) is 11.9. The Morgan fingerprint density at radius 2 is 2.29 bits per heavy atom. The van der Waals surface area contributed by atoms with E-state index in [2.05, 4.69) is 17.1 Å². The first-order valence-electron chi connectivity index (χ1n) is 7.43. The average Bonchev–Trinajstić information content (AvgIpc) is 3.00. The lowest BCUT2D eigenvalue weighted by atomic mass is 10.0. The minimum atomic E-state index is 0.517. The van der Waals surface area contributed by atoms with Crippen molar-refractivity contribution in [3.63, 3.8) is 0 Å². The van der Waals surface area contributed by atoms with Crippen molar-refractivity contribution in [2.24, 2.45) is 5.92 Å². The van der Waals surface area contributed by atoms with E-state index in [0.29, 0.717) is 6.10 Å². The van der Waals surface area contributed by atoms with E-state index in [1.807, 2.05) is 0 Å². The molecule has 0 aromatic carbocycles. The zero-order valence-electron chi connectivity index (χ0n) is 11.3. The Bertz CT molecular complexity index is 198. The standard InChI is InChI=1S/C14H28N2O/c1-2-16(12-14-6-4-10-17-14)9-3-5-13-7-8-15-11-13/h13-15H,2-12H2,1H3. The fourth-order valence-corrected chi connectivity index (χ4v) is 3.02. The first kappa shape index (κ1) is 13.3. The van der Waals surface area contributed by atoms with Gasteiger partial charge < -0.3 is 15.0 Å². The van der Waals surface area contributed by atoms with Crippen molar-refractivity contribution in [1.82, 2.24) is 10.2 Å². The Hall–Kier alpha value is -0.120. The SMILES string of the molecule is CCN(CCCC1CCNC1)CC1CCCO1. The van der Waals surface area contributed by atoms with Gasteiger partial charge in [-0.2, -0.15) is 0 Å². The molecule has 0 saturated carbocycles. The van der Waals surface area contributed by atoms with Crippen molar-refractivity contribution in [3.05, 3.63) is 0 Å². The van der Waals surface area contributed by atoms with Gasteiger partial charge in [-0.3, -0.25) is 0 Å². The van der Waals surface area contributed by atoms with Gasteiger partial charge in [0.05, 0.1) is 6.10 Å². The van der Waals surface area contributed by atoms with E-state index in [4.69, 9.17) is 4.74 Å². The van der Waals surface area contributed by atoms with Crippen molar-refractivity contribution in [2.75, 3.05) is 39.3 Å². The third-order valence-corrected chi connectivity index (χ3v) is 4.18. The maximum Gasteiger partial charge on any atom is 0.0702 e. The summed E-state index contributed by atoms with van der Waals surface area (Å²) in [7, 11) is 0. The molecule has 100 valence electrons. The number of hydrogen-bond acceptors (Lipinski definition) is 3. The summed E-state index contributed by atoms with van der Waals surface area (Å²) in [6.45, 7) is 9.31. The molecule has 2 fully saturated rings. The molecule has 0 aromatic heterocycles. The number of hydrogen-bond donors (Lipinski definition) is 1. The molecule has 0 bridgehead atoms. The molecule has 2 aliphatic rings. The summed E-state index contributed by atoms with van der Waals surface area (Å²) in [5.74, 6) is 0.941. The Kier molecular flexibility index (Phi) is 5.75. The van der Waals surface area contributed by atoms with E-state index in [-0.39, 0.29) is 0 Å². The van der Waals surface area contributed by atoms with Crippen LogP contribution >= 0.6 is 0 Å². The molecule has 2 aliphatic heterocycles. The predicted molar refractivity (Wildman–Crippen MR) is 71.3 cm³/mol. The smallest absolute Gasteiger partial charge is 0.0702 e. The predicted octanol–water partition coefficient (Wildman–Crippen LogP) is 1.88. The second kappa shape index (κ2) is 7.34. The highest BCUT2D eigenvalue weighted by molar-refractivity contribution is 4.73. The molecular formula is C14H28N2O. The summed E-state index contributed by atoms with van der Waals surface area (Å²) < 4.78 is 5.71. The Labute approximate surface area is 106 Å². The van der Waals surface area contributed by atoms with Gasteiger partial charge in [0.15, 0.2) is 0 Å². The summed E-state index contributed by atoms with van der Waals surface area (Å²) >= 11 is 0. The lowest BCUT2D eigenvalue weighted by Crippen LogP contribution is -2.33.